The number of hydrogen-bond acceptors (Lipinski definition) is 4. The molecule has 0 rings (SSSR count). The monoisotopic (exact) mass is 528 g/mol. The minimum Gasteiger partial charge on any atom is -0.323 e. The Kier molecular flexibility index (Phi) is 24.7. The summed E-state index contributed by atoms with van der Waals surface area (Å²) < 4.78 is 0. The van der Waals surface area contributed by atoms with E-state index in [1.54, 1.807) is 0 Å². The minimum atomic E-state index is 0. The average molecular weight is 527 g/mol. The van der Waals surface area contributed by atoms with E-state index in [0.29, 0.717) is 0 Å². The van der Waals surface area contributed by atoms with Gasteiger partial charge in [0.1, 0.15) is 0 Å². The molecule has 0 bridgehead atoms. The molecule has 0 aliphatic rings. The van der Waals surface area contributed by atoms with Crippen molar-refractivity contribution in [1.29, 1.82) is 0 Å². The molecule has 0 aliphatic carbocycles. The van der Waals surface area contributed by atoms with Gasteiger partial charge in [0.2, 0.25) is 0 Å². The second-order valence-electron chi connectivity index (χ2n) is 10.2. The number of hydrogen-bond donors (Lipinski definition) is 4. The number of rotatable bonds is 0. The van der Waals surface area contributed by atoms with Crippen molar-refractivity contribution in [3.8, 4) is 0 Å². The summed E-state index contributed by atoms with van der Waals surface area (Å²) in [5.41, 5.74) is 0.938. The van der Waals surface area contributed by atoms with Crippen molar-refractivity contribution in [3.63, 3.8) is 0 Å². The van der Waals surface area contributed by atoms with E-state index >= 15 is 0 Å². The van der Waals surface area contributed by atoms with Crippen LogP contribution in [0.1, 0.15) is 83.1 Å². The zero-order valence-electron chi connectivity index (χ0n) is 20.5. The molecule has 0 radical (unpaired) electrons. The van der Waals surface area contributed by atoms with E-state index in [4.69, 9.17) is 0 Å². The normalized spacial score (nSPS) is 11.5. The third-order valence-electron chi connectivity index (χ3n) is 1.50. The molecule has 0 heterocycles. The van der Waals surface area contributed by atoms with E-state index in [2.05, 4.69) is 104 Å². The van der Waals surface area contributed by atoms with Crippen LogP contribution >= 0.6 is 0 Å². The van der Waals surface area contributed by atoms with Gasteiger partial charge in [-0.05, 0) is 111 Å². The Morgan fingerprint density at radius 2 is 0.440 bits per heavy atom. The molecule has 156 valence electrons. The molecule has 0 amide bonds. The fourth-order valence-corrected chi connectivity index (χ4v) is 2.25. The predicted octanol–water partition coefficient (Wildman–Crippen LogP) is 4.01. The molecule has 0 atom stereocenters. The second-order valence-corrected chi connectivity index (χ2v) is 10.2. The van der Waals surface area contributed by atoms with Crippen molar-refractivity contribution in [1.82, 2.24) is 21.3 Å². The maximum absolute atomic E-state index is 3.46. The molecule has 0 aromatic heterocycles. The van der Waals surface area contributed by atoms with Crippen LogP contribution in [0.5, 0.6) is 0 Å². The van der Waals surface area contributed by atoms with Gasteiger partial charge in [-0.3, -0.25) is 0 Å². The van der Waals surface area contributed by atoms with Gasteiger partial charge in [0.25, 0.3) is 0 Å². The van der Waals surface area contributed by atoms with Gasteiger partial charge >= 0.3 is 0 Å². The third kappa shape index (κ3) is 78.9. The first-order valence-electron chi connectivity index (χ1n) is 9.00. The summed E-state index contributed by atoms with van der Waals surface area (Å²) >= 11 is 0. The van der Waals surface area contributed by atoms with E-state index < -0.39 is 0 Å². The Balaban J connectivity index is -0.0000000788. The minimum absolute atomic E-state index is 0. The van der Waals surface area contributed by atoms with Crippen LogP contribution in [0.25, 0.3) is 0 Å². The van der Waals surface area contributed by atoms with Crippen molar-refractivity contribution < 1.29 is 25.8 Å². The van der Waals surface area contributed by atoms with Crippen LogP contribution in [0.15, 0.2) is 0 Å². The fourth-order valence-electron chi connectivity index (χ4n) is 2.25. The first-order valence-corrected chi connectivity index (χ1v) is 9.00. The van der Waals surface area contributed by atoms with Crippen molar-refractivity contribution in [2.45, 2.75) is 105 Å². The van der Waals surface area contributed by atoms with Gasteiger partial charge in [0.05, 0.1) is 0 Å². The Morgan fingerprint density at radius 3 is 0.440 bits per heavy atom. The van der Waals surface area contributed by atoms with Crippen molar-refractivity contribution >= 4 is 0 Å². The van der Waals surface area contributed by atoms with Gasteiger partial charge in [-0.1, -0.05) is 0 Å². The molecule has 0 aromatic carbocycles. The van der Waals surface area contributed by atoms with E-state index in [1.165, 1.54) is 0 Å². The summed E-state index contributed by atoms with van der Waals surface area (Å²) in [5, 5.41) is 12.4. The molecule has 0 fully saturated rings. The molecule has 0 aromatic rings. The summed E-state index contributed by atoms with van der Waals surface area (Å²) in [7, 11) is 7.50. The van der Waals surface area contributed by atoms with E-state index in [1.807, 2.05) is 28.2 Å². The van der Waals surface area contributed by atoms with Crippen LogP contribution in [-0.4, -0.2) is 50.3 Å². The molecule has 0 saturated carbocycles. The van der Waals surface area contributed by atoms with Gasteiger partial charge < -0.3 is 21.3 Å². The maximum Gasteiger partial charge on any atom is 0.0101 e. The standard InChI is InChI=1S/2C8H19N.2C2H7N.Hf/c2*1-7(2,3)9-8(4,5)6;2*1-3-2;/h2*9H,1-6H3;2*3H,1-2H3;. The van der Waals surface area contributed by atoms with Crippen molar-refractivity contribution in [2.75, 3.05) is 28.2 Å². The van der Waals surface area contributed by atoms with Crippen LogP contribution in [-0.2, 0) is 25.8 Å². The zero-order valence-corrected chi connectivity index (χ0v) is 24.1. The molecule has 0 saturated heterocycles. The first-order chi connectivity index (χ1) is 10.2. The molecule has 4 nitrogen and oxygen atoms in total. The topological polar surface area (TPSA) is 48.1 Å². The maximum atomic E-state index is 3.46. The summed E-state index contributed by atoms with van der Waals surface area (Å²) in [6, 6.07) is 0. The Morgan fingerprint density at radius 1 is 0.360 bits per heavy atom. The summed E-state index contributed by atoms with van der Waals surface area (Å²) in [6.45, 7) is 26.1. The van der Waals surface area contributed by atoms with Crippen LogP contribution in [0.3, 0.4) is 0 Å². The summed E-state index contributed by atoms with van der Waals surface area (Å²) in [6.07, 6.45) is 0. The average Bonchev–Trinajstić information content (AvgIpc) is 2.06. The van der Waals surface area contributed by atoms with Gasteiger partial charge in [0, 0.05) is 48.0 Å². The van der Waals surface area contributed by atoms with Gasteiger partial charge in [0.15, 0.2) is 0 Å². The molecular weight excluding hydrogens is 475 g/mol. The fraction of sp³-hybridized carbons (Fsp3) is 1.00. The SMILES string of the molecule is CC(C)(C)NC(C)(C)C.CC(C)(C)NC(C)(C)C.CNC.CNC.[Hf]. The zero-order chi connectivity index (χ0) is 20.8. The summed E-state index contributed by atoms with van der Waals surface area (Å²) in [4.78, 5) is 0. The largest absolute Gasteiger partial charge is 0.323 e. The molecule has 0 aliphatic heterocycles. The van der Waals surface area contributed by atoms with Gasteiger partial charge in [-0.2, -0.15) is 0 Å². The van der Waals surface area contributed by atoms with Crippen LogP contribution in [0.4, 0.5) is 0 Å². The molecule has 5 heteroatoms. The first kappa shape index (κ1) is 36.6. The molecule has 4 N–H and O–H groups in total. The Hall–Kier alpha value is 0.710. The van der Waals surface area contributed by atoms with Gasteiger partial charge in [-0.25, -0.2) is 0 Å². The van der Waals surface area contributed by atoms with Gasteiger partial charge in [-0.15, -0.1) is 0 Å². The quantitative estimate of drug-likeness (QED) is 0.360. The Bertz CT molecular complexity index is 201. The molecular formula is C20H52HfN4. The molecule has 0 spiro atoms. The molecule has 25 heavy (non-hydrogen) atoms. The predicted molar refractivity (Wildman–Crippen MR) is 115 cm³/mol. The molecule has 0 unspecified atom stereocenters. The van der Waals surface area contributed by atoms with Crippen LogP contribution in [0.2, 0.25) is 0 Å². The second kappa shape index (κ2) is 16.9. The third-order valence-corrected chi connectivity index (χ3v) is 1.50. The van der Waals surface area contributed by atoms with Crippen LogP contribution in [0, 0.1) is 0 Å². The van der Waals surface area contributed by atoms with E-state index in [9.17, 15) is 0 Å². The van der Waals surface area contributed by atoms with E-state index in [-0.39, 0.29) is 48.0 Å². The summed E-state index contributed by atoms with van der Waals surface area (Å²) in [5.74, 6) is 0. The van der Waals surface area contributed by atoms with E-state index in [0.717, 1.165) is 0 Å². The number of nitrogens with one attached hydrogen (secondary N) is 4. The van der Waals surface area contributed by atoms with Crippen molar-refractivity contribution in [2.24, 2.45) is 0 Å². The van der Waals surface area contributed by atoms with Crippen LogP contribution < -0.4 is 21.3 Å². The smallest absolute Gasteiger partial charge is 0.0101 e. The Labute approximate surface area is 180 Å². The van der Waals surface area contributed by atoms with Crippen molar-refractivity contribution in [3.05, 3.63) is 0 Å².